The van der Waals surface area contributed by atoms with Crippen molar-refractivity contribution in [2.45, 2.75) is 32.7 Å². The van der Waals surface area contributed by atoms with Crippen LogP contribution in [0.4, 0.5) is 5.69 Å². The van der Waals surface area contributed by atoms with Crippen LogP contribution in [0, 0.1) is 0 Å². The number of benzene rings is 2. The molecule has 4 nitrogen and oxygen atoms in total. The van der Waals surface area contributed by atoms with Gasteiger partial charge in [0, 0.05) is 16.3 Å². The molecule has 3 rings (SSSR count). The normalized spacial score (nSPS) is 11.5. The van der Waals surface area contributed by atoms with Gasteiger partial charge in [-0.2, -0.15) is 0 Å². The molecule has 0 bridgehead atoms. The van der Waals surface area contributed by atoms with Crippen molar-refractivity contribution in [3.05, 3.63) is 65.0 Å². The van der Waals surface area contributed by atoms with Crippen LogP contribution in [0.15, 0.2) is 52.9 Å². The first-order valence-corrected chi connectivity index (χ1v) is 8.22. The molecule has 124 valence electrons. The van der Waals surface area contributed by atoms with Gasteiger partial charge in [0.25, 0.3) is 0 Å². The van der Waals surface area contributed by atoms with Crippen molar-refractivity contribution < 1.29 is 4.42 Å². The molecule has 0 unspecified atom stereocenters. The molecule has 24 heavy (non-hydrogen) atoms. The fourth-order valence-electron chi connectivity index (χ4n) is 2.33. The maximum atomic E-state index is 5.99. The zero-order valence-corrected chi connectivity index (χ0v) is 14.8. The Labute approximate surface area is 146 Å². The van der Waals surface area contributed by atoms with Crippen molar-refractivity contribution in [2.24, 2.45) is 0 Å². The lowest BCUT2D eigenvalue weighted by Crippen LogP contribution is -2.10. The van der Waals surface area contributed by atoms with Gasteiger partial charge in [-0.15, -0.1) is 10.2 Å². The maximum Gasteiger partial charge on any atom is 0.247 e. The van der Waals surface area contributed by atoms with E-state index in [9.17, 15) is 0 Å². The molecule has 0 saturated carbocycles. The van der Waals surface area contributed by atoms with E-state index >= 15 is 0 Å². The molecule has 2 aromatic carbocycles. The zero-order valence-electron chi connectivity index (χ0n) is 14.0. The summed E-state index contributed by atoms with van der Waals surface area (Å²) in [5.74, 6) is 1.00. The van der Waals surface area contributed by atoms with Crippen LogP contribution >= 0.6 is 11.6 Å². The van der Waals surface area contributed by atoms with Gasteiger partial charge in [-0.3, -0.25) is 0 Å². The third-order valence-electron chi connectivity index (χ3n) is 3.73. The number of hydrogen-bond acceptors (Lipinski definition) is 4. The predicted molar refractivity (Wildman–Crippen MR) is 97.2 cm³/mol. The Bertz CT molecular complexity index is 819. The summed E-state index contributed by atoms with van der Waals surface area (Å²) in [6.45, 7) is 7.07. The van der Waals surface area contributed by atoms with Crippen LogP contribution < -0.4 is 5.32 Å². The number of aromatic nitrogens is 2. The summed E-state index contributed by atoms with van der Waals surface area (Å²) < 4.78 is 5.68. The average Bonchev–Trinajstić information content (AvgIpc) is 3.01. The second-order valence-electron chi connectivity index (χ2n) is 6.69. The summed E-state index contributed by atoms with van der Waals surface area (Å²) in [7, 11) is 0. The first kappa shape index (κ1) is 16.5. The molecule has 0 fully saturated rings. The molecule has 0 aliphatic heterocycles. The second-order valence-corrected chi connectivity index (χ2v) is 7.13. The smallest absolute Gasteiger partial charge is 0.247 e. The van der Waals surface area contributed by atoms with Crippen LogP contribution in [0.25, 0.3) is 11.5 Å². The second kappa shape index (κ2) is 6.65. The third-order valence-corrected chi connectivity index (χ3v) is 3.97. The Balaban J connectivity index is 1.65. The fraction of sp³-hybridized carbons (Fsp3) is 0.263. The van der Waals surface area contributed by atoms with E-state index in [1.807, 2.05) is 18.2 Å². The minimum atomic E-state index is 0.150. The summed E-state index contributed by atoms with van der Waals surface area (Å²) in [4.78, 5) is 0. The Morgan fingerprint density at radius 2 is 1.79 bits per heavy atom. The van der Waals surface area contributed by atoms with Gasteiger partial charge in [-0.05, 0) is 41.3 Å². The Morgan fingerprint density at radius 3 is 2.46 bits per heavy atom. The third kappa shape index (κ3) is 3.95. The van der Waals surface area contributed by atoms with E-state index in [1.165, 1.54) is 5.56 Å². The molecule has 1 N–H and O–H groups in total. The molecule has 3 aromatic rings. The monoisotopic (exact) mass is 341 g/mol. The number of rotatable bonds is 4. The highest BCUT2D eigenvalue weighted by Crippen LogP contribution is 2.24. The summed E-state index contributed by atoms with van der Waals surface area (Å²) in [6, 6.07) is 15.8. The first-order chi connectivity index (χ1) is 11.4. The van der Waals surface area contributed by atoms with E-state index in [2.05, 4.69) is 60.6 Å². The van der Waals surface area contributed by atoms with E-state index < -0.39 is 0 Å². The summed E-state index contributed by atoms with van der Waals surface area (Å²) >= 11 is 5.99. The van der Waals surface area contributed by atoms with Gasteiger partial charge in [-0.25, -0.2) is 0 Å². The molecular formula is C19H20ClN3O. The van der Waals surface area contributed by atoms with Gasteiger partial charge < -0.3 is 9.73 Å². The minimum Gasteiger partial charge on any atom is -0.419 e. The Morgan fingerprint density at radius 1 is 1.04 bits per heavy atom. The lowest BCUT2D eigenvalue weighted by Gasteiger charge is -2.19. The van der Waals surface area contributed by atoms with Gasteiger partial charge >= 0.3 is 0 Å². The predicted octanol–water partition coefficient (Wildman–Crippen LogP) is 5.30. The lowest BCUT2D eigenvalue weighted by molar-refractivity contribution is 0.515. The fourth-order valence-corrected chi connectivity index (χ4v) is 2.52. The van der Waals surface area contributed by atoms with E-state index in [4.69, 9.17) is 16.0 Å². The van der Waals surface area contributed by atoms with Crippen LogP contribution in [0.3, 0.4) is 0 Å². The van der Waals surface area contributed by atoms with Crippen molar-refractivity contribution in [2.75, 3.05) is 5.32 Å². The summed E-state index contributed by atoms with van der Waals surface area (Å²) in [5, 5.41) is 12.1. The molecule has 0 aliphatic rings. The van der Waals surface area contributed by atoms with Crippen LogP contribution in [0.1, 0.15) is 32.2 Å². The molecule has 0 atom stereocenters. The van der Waals surface area contributed by atoms with E-state index in [-0.39, 0.29) is 5.41 Å². The number of halogens is 1. The van der Waals surface area contributed by atoms with Crippen molar-refractivity contribution in [1.82, 2.24) is 10.2 Å². The van der Waals surface area contributed by atoms with Crippen molar-refractivity contribution >= 4 is 17.3 Å². The zero-order chi connectivity index (χ0) is 17.2. The molecule has 0 radical (unpaired) electrons. The van der Waals surface area contributed by atoms with Crippen molar-refractivity contribution in [1.29, 1.82) is 0 Å². The molecule has 1 heterocycles. The molecule has 5 heteroatoms. The van der Waals surface area contributed by atoms with Crippen molar-refractivity contribution in [3.8, 4) is 11.5 Å². The highest BCUT2D eigenvalue weighted by atomic mass is 35.5. The quantitative estimate of drug-likeness (QED) is 0.699. The maximum absolute atomic E-state index is 5.99. The minimum absolute atomic E-state index is 0.150. The number of nitrogens with one attached hydrogen (secondary N) is 1. The first-order valence-electron chi connectivity index (χ1n) is 7.84. The van der Waals surface area contributed by atoms with Gasteiger partial charge in [0.05, 0.1) is 6.54 Å². The molecular weight excluding hydrogens is 322 g/mol. The van der Waals surface area contributed by atoms with Gasteiger partial charge in [-0.1, -0.05) is 50.6 Å². The Kier molecular flexibility index (Phi) is 4.58. The number of nitrogens with zero attached hydrogens (tertiary/aromatic N) is 2. The molecule has 0 amide bonds. The number of anilines is 1. The van der Waals surface area contributed by atoms with Crippen LogP contribution in [0.5, 0.6) is 0 Å². The standard InChI is InChI=1S/C19H20ClN3O/c1-19(2,3)14-7-9-16(10-8-14)21-12-17-22-23-18(24-17)13-5-4-6-15(20)11-13/h4-11,21H,12H2,1-3H3. The topological polar surface area (TPSA) is 51.0 Å². The number of hydrogen-bond donors (Lipinski definition) is 1. The largest absolute Gasteiger partial charge is 0.419 e. The van der Waals surface area contributed by atoms with Gasteiger partial charge in [0.2, 0.25) is 11.8 Å². The summed E-state index contributed by atoms with van der Waals surface area (Å²) in [5.41, 5.74) is 3.28. The highest BCUT2D eigenvalue weighted by Gasteiger charge is 2.13. The lowest BCUT2D eigenvalue weighted by atomic mass is 9.87. The van der Waals surface area contributed by atoms with Gasteiger partial charge in [0.15, 0.2) is 0 Å². The SMILES string of the molecule is CC(C)(C)c1ccc(NCc2nnc(-c3cccc(Cl)c3)o2)cc1. The Hall–Kier alpha value is -2.33. The van der Waals surface area contributed by atoms with E-state index in [1.54, 1.807) is 6.07 Å². The van der Waals surface area contributed by atoms with E-state index in [0.717, 1.165) is 11.3 Å². The van der Waals surface area contributed by atoms with Crippen LogP contribution in [-0.4, -0.2) is 10.2 Å². The highest BCUT2D eigenvalue weighted by molar-refractivity contribution is 6.30. The van der Waals surface area contributed by atoms with Crippen molar-refractivity contribution in [3.63, 3.8) is 0 Å². The molecule has 0 aliphatic carbocycles. The van der Waals surface area contributed by atoms with Gasteiger partial charge in [0.1, 0.15) is 0 Å². The average molecular weight is 342 g/mol. The van der Waals surface area contributed by atoms with E-state index in [0.29, 0.717) is 23.3 Å². The molecule has 0 spiro atoms. The van der Waals surface area contributed by atoms with Crippen LogP contribution in [0.2, 0.25) is 5.02 Å². The molecule has 1 aromatic heterocycles. The summed E-state index contributed by atoms with van der Waals surface area (Å²) in [6.07, 6.45) is 0. The molecule has 0 saturated heterocycles. The van der Waals surface area contributed by atoms with Crippen LogP contribution in [-0.2, 0) is 12.0 Å².